The zero-order chi connectivity index (χ0) is 10.2. The molecule has 0 bridgehead atoms. The van der Waals surface area contributed by atoms with E-state index in [4.69, 9.17) is 4.84 Å². The van der Waals surface area contributed by atoms with Crippen molar-refractivity contribution in [3.8, 4) is 0 Å². The first kappa shape index (κ1) is 10.5. The van der Waals surface area contributed by atoms with Crippen LogP contribution in [0.5, 0.6) is 0 Å². The van der Waals surface area contributed by atoms with E-state index < -0.39 is 0 Å². The Kier molecular flexibility index (Phi) is 4.48. The molecule has 0 aromatic heterocycles. The minimum absolute atomic E-state index is 0.512. The highest BCUT2D eigenvalue weighted by Gasteiger charge is 1.92. The largest absolute Gasteiger partial charge is 0.391 e. The highest BCUT2D eigenvalue weighted by Crippen LogP contribution is 2.07. The van der Waals surface area contributed by atoms with Gasteiger partial charge in [0.2, 0.25) is 0 Å². The van der Waals surface area contributed by atoms with Crippen molar-refractivity contribution in [3.63, 3.8) is 0 Å². The third kappa shape index (κ3) is 3.44. The van der Waals surface area contributed by atoms with Gasteiger partial charge in [0.15, 0.2) is 0 Å². The first-order valence-corrected chi connectivity index (χ1v) is 4.72. The number of rotatable bonds is 5. The van der Waals surface area contributed by atoms with Gasteiger partial charge in [-0.15, -0.1) is 0 Å². The third-order valence-electron chi connectivity index (χ3n) is 1.75. The van der Waals surface area contributed by atoms with Crippen molar-refractivity contribution < 1.29 is 4.84 Å². The second-order valence-corrected chi connectivity index (χ2v) is 2.92. The van der Waals surface area contributed by atoms with Gasteiger partial charge in [0.1, 0.15) is 6.61 Å². The van der Waals surface area contributed by atoms with Crippen LogP contribution in [0.1, 0.15) is 24.5 Å². The highest BCUT2D eigenvalue weighted by atomic mass is 16.6. The van der Waals surface area contributed by atoms with Crippen LogP contribution in [0, 0.1) is 0 Å². The number of hydrogen-bond acceptors (Lipinski definition) is 2. The lowest BCUT2D eigenvalue weighted by atomic mass is 10.1. The Labute approximate surface area is 84.9 Å². The summed E-state index contributed by atoms with van der Waals surface area (Å²) in [7, 11) is 0. The Hall–Kier alpha value is -1.57. The number of benzene rings is 1. The smallest absolute Gasteiger partial charge is 0.142 e. The van der Waals surface area contributed by atoms with E-state index >= 15 is 0 Å². The van der Waals surface area contributed by atoms with Gasteiger partial charge in [0, 0.05) is 6.21 Å². The fourth-order valence-corrected chi connectivity index (χ4v) is 1.05. The monoisotopic (exact) mass is 189 g/mol. The van der Waals surface area contributed by atoms with Crippen LogP contribution in [-0.4, -0.2) is 6.21 Å². The quantitative estimate of drug-likeness (QED) is 0.514. The molecular formula is C12H15NO. The summed E-state index contributed by atoms with van der Waals surface area (Å²) in [4.78, 5) is 5.09. The lowest BCUT2D eigenvalue weighted by molar-refractivity contribution is 0.131. The van der Waals surface area contributed by atoms with Crippen LogP contribution in [0.3, 0.4) is 0 Å². The van der Waals surface area contributed by atoms with Gasteiger partial charge in [-0.05, 0) is 23.6 Å². The molecule has 0 heterocycles. The van der Waals surface area contributed by atoms with Crippen LogP contribution in [-0.2, 0) is 11.4 Å². The molecule has 0 spiro atoms. The molecule has 0 atom stereocenters. The molecule has 1 aromatic carbocycles. The SMILES string of the molecule is C=Cc1cccc(CON=CCC)c1. The summed E-state index contributed by atoms with van der Waals surface area (Å²) in [5, 5.41) is 3.79. The molecule has 1 rings (SSSR count). The Morgan fingerprint density at radius 1 is 1.50 bits per heavy atom. The first-order valence-electron chi connectivity index (χ1n) is 4.72. The maximum atomic E-state index is 5.09. The van der Waals surface area contributed by atoms with Crippen molar-refractivity contribution in [2.75, 3.05) is 0 Å². The van der Waals surface area contributed by atoms with Gasteiger partial charge < -0.3 is 4.84 Å². The Bertz CT molecular complexity index is 318. The predicted octanol–water partition coefficient (Wildman–Crippen LogP) is 3.24. The normalized spacial score (nSPS) is 10.4. The summed E-state index contributed by atoms with van der Waals surface area (Å²) in [5.74, 6) is 0. The van der Waals surface area contributed by atoms with E-state index in [0.717, 1.165) is 17.5 Å². The van der Waals surface area contributed by atoms with Crippen molar-refractivity contribution in [1.82, 2.24) is 0 Å². The van der Waals surface area contributed by atoms with Gasteiger partial charge in [-0.1, -0.05) is 42.9 Å². The van der Waals surface area contributed by atoms with Gasteiger partial charge in [-0.2, -0.15) is 0 Å². The van der Waals surface area contributed by atoms with Crippen LogP contribution >= 0.6 is 0 Å². The third-order valence-corrected chi connectivity index (χ3v) is 1.75. The molecule has 0 radical (unpaired) electrons. The van der Waals surface area contributed by atoms with Gasteiger partial charge in [-0.3, -0.25) is 0 Å². The molecule has 0 aliphatic rings. The second-order valence-electron chi connectivity index (χ2n) is 2.92. The number of hydrogen-bond donors (Lipinski definition) is 0. The molecule has 0 aliphatic heterocycles. The van der Waals surface area contributed by atoms with Crippen LogP contribution in [0.25, 0.3) is 6.08 Å². The minimum atomic E-state index is 0.512. The molecular weight excluding hydrogens is 174 g/mol. The molecule has 0 aliphatic carbocycles. The lowest BCUT2D eigenvalue weighted by Gasteiger charge is -2.00. The van der Waals surface area contributed by atoms with E-state index in [1.807, 2.05) is 37.3 Å². The van der Waals surface area contributed by atoms with E-state index in [2.05, 4.69) is 11.7 Å². The van der Waals surface area contributed by atoms with Gasteiger partial charge in [-0.25, -0.2) is 0 Å². The number of nitrogens with zero attached hydrogens (tertiary/aromatic N) is 1. The molecule has 0 amide bonds. The molecule has 0 saturated carbocycles. The summed E-state index contributed by atoms with van der Waals surface area (Å²) < 4.78 is 0. The molecule has 1 aromatic rings. The number of oxime groups is 1. The van der Waals surface area contributed by atoms with E-state index in [9.17, 15) is 0 Å². The average Bonchev–Trinajstić information content (AvgIpc) is 2.25. The summed E-state index contributed by atoms with van der Waals surface area (Å²) in [6.07, 6.45) is 4.46. The van der Waals surface area contributed by atoms with Gasteiger partial charge in [0.05, 0.1) is 0 Å². The Morgan fingerprint density at radius 3 is 3.07 bits per heavy atom. The lowest BCUT2D eigenvalue weighted by Crippen LogP contribution is -1.87. The minimum Gasteiger partial charge on any atom is -0.391 e. The molecule has 0 unspecified atom stereocenters. The highest BCUT2D eigenvalue weighted by molar-refractivity contribution is 5.55. The summed E-state index contributed by atoms with van der Waals surface area (Å²) in [6, 6.07) is 8.04. The molecule has 0 N–H and O–H groups in total. The molecule has 0 saturated heterocycles. The van der Waals surface area contributed by atoms with Crippen molar-refractivity contribution in [2.45, 2.75) is 20.0 Å². The summed E-state index contributed by atoms with van der Waals surface area (Å²) >= 11 is 0. The van der Waals surface area contributed by atoms with Crippen molar-refractivity contribution in [1.29, 1.82) is 0 Å². The zero-order valence-electron chi connectivity index (χ0n) is 8.44. The van der Waals surface area contributed by atoms with Gasteiger partial charge in [0.25, 0.3) is 0 Å². The standard InChI is InChI=1S/C12H15NO/c1-3-8-13-14-10-12-7-5-6-11(4-2)9-12/h4-9H,2-3,10H2,1H3. The maximum Gasteiger partial charge on any atom is 0.142 e. The summed E-state index contributed by atoms with van der Waals surface area (Å²) in [5.41, 5.74) is 2.21. The van der Waals surface area contributed by atoms with E-state index in [1.54, 1.807) is 6.21 Å². The summed E-state index contributed by atoms with van der Waals surface area (Å²) in [6.45, 7) is 6.24. The fourth-order valence-electron chi connectivity index (χ4n) is 1.05. The van der Waals surface area contributed by atoms with E-state index in [1.165, 1.54) is 0 Å². The zero-order valence-corrected chi connectivity index (χ0v) is 8.44. The van der Waals surface area contributed by atoms with Crippen LogP contribution in [0.15, 0.2) is 36.0 Å². The van der Waals surface area contributed by atoms with Crippen LogP contribution in [0.4, 0.5) is 0 Å². The predicted molar refractivity (Wildman–Crippen MR) is 60.1 cm³/mol. The van der Waals surface area contributed by atoms with Crippen molar-refractivity contribution >= 4 is 12.3 Å². The Morgan fingerprint density at radius 2 is 2.36 bits per heavy atom. The van der Waals surface area contributed by atoms with Gasteiger partial charge >= 0.3 is 0 Å². The van der Waals surface area contributed by atoms with E-state index in [-0.39, 0.29) is 0 Å². The fraction of sp³-hybridized carbons (Fsp3) is 0.250. The second kappa shape index (κ2) is 5.97. The molecule has 2 nitrogen and oxygen atoms in total. The topological polar surface area (TPSA) is 21.6 Å². The molecule has 14 heavy (non-hydrogen) atoms. The van der Waals surface area contributed by atoms with Crippen LogP contribution < -0.4 is 0 Å². The van der Waals surface area contributed by atoms with Crippen molar-refractivity contribution in [2.24, 2.45) is 5.16 Å². The molecule has 74 valence electrons. The first-order chi connectivity index (χ1) is 6.86. The maximum absolute atomic E-state index is 5.09. The van der Waals surface area contributed by atoms with Crippen molar-refractivity contribution in [3.05, 3.63) is 42.0 Å². The van der Waals surface area contributed by atoms with E-state index in [0.29, 0.717) is 6.61 Å². The Balaban J connectivity index is 2.50. The molecule has 0 fully saturated rings. The van der Waals surface area contributed by atoms with Crippen LogP contribution in [0.2, 0.25) is 0 Å². The molecule has 2 heteroatoms. The average molecular weight is 189 g/mol.